The van der Waals surface area contributed by atoms with Crippen LogP contribution in [0.1, 0.15) is 39.2 Å². The van der Waals surface area contributed by atoms with Gasteiger partial charge in [0.25, 0.3) is 10.0 Å². The van der Waals surface area contributed by atoms with Crippen LogP contribution in [0.5, 0.6) is 0 Å². The van der Waals surface area contributed by atoms with Crippen molar-refractivity contribution in [1.82, 2.24) is 9.78 Å². The van der Waals surface area contributed by atoms with E-state index in [-0.39, 0.29) is 0 Å². The molecule has 28 heavy (non-hydrogen) atoms. The van der Waals surface area contributed by atoms with E-state index in [1.807, 2.05) is 70.5 Å². The van der Waals surface area contributed by atoms with Crippen LogP contribution in [0, 0.1) is 41.5 Å². The Balaban J connectivity index is 1.85. The minimum atomic E-state index is -3.66. The lowest BCUT2D eigenvalue weighted by molar-refractivity contribution is 0.599. The molecular formula is C22H27N3O2S. The molecule has 0 aliphatic rings. The number of hydrogen-bond donors (Lipinski definition) is 1. The van der Waals surface area contributed by atoms with Crippen LogP contribution in [0.4, 0.5) is 5.69 Å². The summed E-state index contributed by atoms with van der Waals surface area (Å²) in [7, 11) is -3.66. The van der Waals surface area contributed by atoms with E-state index < -0.39 is 10.0 Å². The molecule has 0 atom stereocenters. The van der Waals surface area contributed by atoms with E-state index in [2.05, 4.69) is 9.82 Å². The van der Waals surface area contributed by atoms with Crippen molar-refractivity contribution in [2.45, 2.75) is 53.0 Å². The van der Waals surface area contributed by atoms with Gasteiger partial charge in [0, 0.05) is 11.4 Å². The zero-order valence-corrected chi connectivity index (χ0v) is 18.1. The first-order valence-corrected chi connectivity index (χ1v) is 10.8. The standard InChI is InChI=1S/C22H27N3O2S/c1-14-11-15(2)19(6)22(18(14)5)28(26,27)24-21-9-7-20(8-10-21)13-25-17(4)12-16(3)23-25/h7-12,24H,13H2,1-6H3. The molecule has 0 saturated carbocycles. The van der Waals surface area contributed by atoms with E-state index in [0.29, 0.717) is 17.1 Å². The maximum atomic E-state index is 13.0. The lowest BCUT2D eigenvalue weighted by atomic mass is 10.0. The van der Waals surface area contributed by atoms with Gasteiger partial charge in [-0.2, -0.15) is 5.10 Å². The monoisotopic (exact) mass is 397 g/mol. The number of rotatable bonds is 5. The highest BCUT2D eigenvalue weighted by atomic mass is 32.2. The predicted molar refractivity (Wildman–Crippen MR) is 113 cm³/mol. The van der Waals surface area contributed by atoms with Gasteiger partial charge in [0.2, 0.25) is 0 Å². The summed E-state index contributed by atoms with van der Waals surface area (Å²) in [6.45, 7) is 12.2. The Kier molecular flexibility index (Phi) is 5.35. The van der Waals surface area contributed by atoms with Gasteiger partial charge in [-0.25, -0.2) is 8.42 Å². The van der Waals surface area contributed by atoms with Gasteiger partial charge in [-0.1, -0.05) is 18.2 Å². The summed E-state index contributed by atoms with van der Waals surface area (Å²) in [4.78, 5) is 0.372. The molecular weight excluding hydrogens is 370 g/mol. The Morgan fingerprint density at radius 1 is 0.893 bits per heavy atom. The largest absolute Gasteiger partial charge is 0.280 e. The summed E-state index contributed by atoms with van der Waals surface area (Å²) in [5.41, 5.74) is 7.23. The summed E-state index contributed by atoms with van der Waals surface area (Å²) in [5.74, 6) is 0. The van der Waals surface area contributed by atoms with E-state index in [1.54, 1.807) is 12.1 Å². The highest BCUT2D eigenvalue weighted by Crippen LogP contribution is 2.28. The third-order valence-corrected chi connectivity index (χ3v) is 6.86. The second kappa shape index (κ2) is 7.43. The van der Waals surface area contributed by atoms with E-state index in [0.717, 1.165) is 39.2 Å². The molecule has 0 unspecified atom stereocenters. The van der Waals surface area contributed by atoms with Gasteiger partial charge in [-0.15, -0.1) is 0 Å². The average Bonchev–Trinajstić information content (AvgIpc) is 2.92. The van der Waals surface area contributed by atoms with Crippen molar-refractivity contribution >= 4 is 15.7 Å². The molecule has 6 heteroatoms. The number of sulfonamides is 1. The van der Waals surface area contributed by atoms with Crippen molar-refractivity contribution in [3.05, 3.63) is 75.6 Å². The summed E-state index contributed by atoms with van der Waals surface area (Å²) in [6, 6.07) is 11.5. The van der Waals surface area contributed by atoms with E-state index in [1.165, 1.54) is 0 Å². The highest BCUT2D eigenvalue weighted by molar-refractivity contribution is 7.92. The van der Waals surface area contributed by atoms with Crippen LogP contribution in [-0.4, -0.2) is 18.2 Å². The Hall–Kier alpha value is -2.60. The van der Waals surface area contributed by atoms with Crippen molar-refractivity contribution in [2.24, 2.45) is 0 Å². The number of aromatic nitrogens is 2. The SMILES string of the molecule is Cc1cc(C)n(Cc2ccc(NS(=O)(=O)c3c(C)c(C)cc(C)c3C)cc2)n1. The third kappa shape index (κ3) is 3.97. The Morgan fingerprint density at radius 2 is 1.46 bits per heavy atom. The van der Waals surface area contributed by atoms with Gasteiger partial charge in [0.05, 0.1) is 17.1 Å². The first-order chi connectivity index (χ1) is 13.1. The molecule has 3 aromatic rings. The second-order valence-electron chi connectivity index (χ2n) is 7.48. The van der Waals surface area contributed by atoms with Crippen LogP contribution in [0.15, 0.2) is 41.3 Å². The number of aryl methyl sites for hydroxylation is 4. The molecule has 3 rings (SSSR count). The van der Waals surface area contributed by atoms with Gasteiger partial charge >= 0.3 is 0 Å². The predicted octanol–water partition coefficient (Wildman–Crippen LogP) is 4.58. The molecule has 5 nitrogen and oxygen atoms in total. The van der Waals surface area contributed by atoms with E-state index >= 15 is 0 Å². The Morgan fingerprint density at radius 3 is 1.96 bits per heavy atom. The van der Waals surface area contributed by atoms with Gasteiger partial charge in [-0.3, -0.25) is 9.40 Å². The van der Waals surface area contributed by atoms with Crippen LogP contribution in [0.25, 0.3) is 0 Å². The zero-order chi connectivity index (χ0) is 20.6. The second-order valence-corrected chi connectivity index (χ2v) is 9.10. The van der Waals surface area contributed by atoms with Crippen LogP contribution < -0.4 is 4.72 Å². The zero-order valence-electron chi connectivity index (χ0n) is 17.3. The van der Waals surface area contributed by atoms with Crippen molar-refractivity contribution in [3.63, 3.8) is 0 Å². The Bertz CT molecular complexity index is 1100. The molecule has 0 amide bonds. The molecule has 0 fully saturated rings. The quantitative estimate of drug-likeness (QED) is 0.685. The molecule has 1 heterocycles. The first-order valence-electron chi connectivity index (χ1n) is 9.28. The van der Waals surface area contributed by atoms with E-state index in [4.69, 9.17) is 0 Å². The van der Waals surface area contributed by atoms with Crippen LogP contribution in [0.2, 0.25) is 0 Å². The van der Waals surface area contributed by atoms with E-state index in [9.17, 15) is 8.42 Å². The van der Waals surface area contributed by atoms with Crippen molar-refractivity contribution in [3.8, 4) is 0 Å². The molecule has 0 radical (unpaired) electrons. The van der Waals surface area contributed by atoms with Gasteiger partial charge in [-0.05, 0) is 87.6 Å². The fourth-order valence-electron chi connectivity index (χ4n) is 3.48. The molecule has 0 aliphatic heterocycles. The minimum absolute atomic E-state index is 0.372. The molecule has 148 valence electrons. The third-order valence-electron chi connectivity index (χ3n) is 5.21. The average molecular weight is 398 g/mol. The number of hydrogen-bond acceptors (Lipinski definition) is 3. The maximum Gasteiger partial charge on any atom is 0.262 e. The number of nitrogens with zero attached hydrogens (tertiary/aromatic N) is 2. The lowest BCUT2D eigenvalue weighted by Crippen LogP contribution is -2.17. The van der Waals surface area contributed by atoms with Crippen LogP contribution >= 0.6 is 0 Å². The number of anilines is 1. The van der Waals surface area contributed by atoms with Gasteiger partial charge < -0.3 is 0 Å². The maximum absolute atomic E-state index is 13.0. The van der Waals surface area contributed by atoms with Crippen LogP contribution in [-0.2, 0) is 16.6 Å². The molecule has 2 aromatic carbocycles. The fraction of sp³-hybridized carbons (Fsp3) is 0.318. The van der Waals surface area contributed by atoms with Crippen molar-refractivity contribution in [2.75, 3.05) is 4.72 Å². The molecule has 0 spiro atoms. The fourth-order valence-corrected chi connectivity index (χ4v) is 5.15. The summed E-state index contributed by atoms with van der Waals surface area (Å²) in [5, 5.41) is 4.47. The summed E-state index contributed by atoms with van der Waals surface area (Å²) >= 11 is 0. The van der Waals surface area contributed by atoms with Crippen molar-refractivity contribution < 1.29 is 8.42 Å². The molecule has 0 bridgehead atoms. The van der Waals surface area contributed by atoms with Crippen molar-refractivity contribution in [1.29, 1.82) is 0 Å². The smallest absolute Gasteiger partial charge is 0.262 e. The molecule has 1 N–H and O–H groups in total. The Labute approximate surface area is 167 Å². The normalized spacial score (nSPS) is 11.6. The number of nitrogens with one attached hydrogen (secondary N) is 1. The van der Waals surface area contributed by atoms with Gasteiger partial charge in [0.15, 0.2) is 0 Å². The molecule has 0 aliphatic carbocycles. The summed E-state index contributed by atoms with van der Waals surface area (Å²) in [6.07, 6.45) is 0. The summed E-state index contributed by atoms with van der Waals surface area (Å²) < 4.78 is 30.8. The number of benzene rings is 2. The first kappa shape index (κ1) is 20.1. The minimum Gasteiger partial charge on any atom is -0.280 e. The van der Waals surface area contributed by atoms with Crippen LogP contribution in [0.3, 0.4) is 0 Å². The van der Waals surface area contributed by atoms with Gasteiger partial charge in [0.1, 0.15) is 0 Å². The topological polar surface area (TPSA) is 64.0 Å². The molecule has 1 aromatic heterocycles. The lowest BCUT2D eigenvalue weighted by Gasteiger charge is -2.17. The molecule has 0 saturated heterocycles. The highest BCUT2D eigenvalue weighted by Gasteiger charge is 2.22.